The number of hydrogen-bond acceptors (Lipinski definition) is 5. The zero-order valence-corrected chi connectivity index (χ0v) is 11.2. The van der Waals surface area contributed by atoms with E-state index < -0.39 is 24.0 Å². The van der Waals surface area contributed by atoms with Gasteiger partial charge in [0, 0.05) is 13.7 Å². The van der Waals surface area contributed by atoms with Crippen LogP contribution in [0.25, 0.3) is 0 Å². The van der Waals surface area contributed by atoms with E-state index in [4.69, 9.17) is 14.6 Å². The van der Waals surface area contributed by atoms with Gasteiger partial charge in [0.2, 0.25) is 5.91 Å². The van der Waals surface area contributed by atoms with Crippen LogP contribution in [0.15, 0.2) is 0 Å². The van der Waals surface area contributed by atoms with Crippen molar-refractivity contribution in [3.8, 4) is 0 Å². The first kappa shape index (κ1) is 16.2. The van der Waals surface area contributed by atoms with Crippen LogP contribution in [0.2, 0.25) is 0 Å². The number of aliphatic carboxylic acids is 1. The maximum Gasteiger partial charge on any atom is 0.315 e. The van der Waals surface area contributed by atoms with E-state index in [9.17, 15) is 14.4 Å². The third-order valence-corrected chi connectivity index (χ3v) is 2.75. The molecule has 20 heavy (non-hydrogen) atoms. The van der Waals surface area contributed by atoms with Crippen molar-refractivity contribution in [1.29, 1.82) is 0 Å². The molecular formula is C11H19N3O6. The second kappa shape index (κ2) is 8.33. The van der Waals surface area contributed by atoms with Crippen molar-refractivity contribution in [2.75, 3.05) is 40.0 Å². The number of carbonyl (C=O) groups is 3. The van der Waals surface area contributed by atoms with Crippen LogP contribution in [0, 0.1) is 5.92 Å². The average molecular weight is 289 g/mol. The fourth-order valence-electron chi connectivity index (χ4n) is 1.67. The van der Waals surface area contributed by atoms with Gasteiger partial charge in [-0.2, -0.15) is 0 Å². The van der Waals surface area contributed by atoms with Crippen molar-refractivity contribution in [1.82, 2.24) is 16.0 Å². The van der Waals surface area contributed by atoms with Gasteiger partial charge in [-0.3, -0.25) is 9.59 Å². The summed E-state index contributed by atoms with van der Waals surface area (Å²) in [4.78, 5) is 33.7. The highest BCUT2D eigenvalue weighted by atomic mass is 16.5. The molecule has 0 saturated carbocycles. The van der Waals surface area contributed by atoms with Gasteiger partial charge in [0.1, 0.15) is 5.92 Å². The first-order chi connectivity index (χ1) is 9.54. The SMILES string of the molecule is COCCNC(=O)CNC(=O)NC1COCC1C(=O)O. The predicted molar refractivity (Wildman–Crippen MR) is 67.2 cm³/mol. The lowest BCUT2D eigenvalue weighted by Crippen LogP contribution is -2.49. The molecule has 0 aliphatic carbocycles. The molecule has 2 atom stereocenters. The first-order valence-corrected chi connectivity index (χ1v) is 6.15. The highest BCUT2D eigenvalue weighted by Gasteiger charge is 2.35. The lowest BCUT2D eigenvalue weighted by atomic mass is 10.0. The Morgan fingerprint density at radius 1 is 1.30 bits per heavy atom. The molecule has 1 aliphatic heterocycles. The Balaban J connectivity index is 2.23. The highest BCUT2D eigenvalue weighted by molar-refractivity contribution is 5.84. The smallest absolute Gasteiger partial charge is 0.315 e. The summed E-state index contributed by atoms with van der Waals surface area (Å²) in [7, 11) is 1.51. The number of rotatable bonds is 7. The van der Waals surface area contributed by atoms with E-state index >= 15 is 0 Å². The second-order valence-electron chi connectivity index (χ2n) is 4.26. The molecule has 1 aliphatic rings. The number of hydrogen-bond donors (Lipinski definition) is 4. The monoisotopic (exact) mass is 289 g/mol. The molecule has 1 fully saturated rings. The summed E-state index contributed by atoms with van der Waals surface area (Å²) in [5.41, 5.74) is 0. The number of nitrogens with one attached hydrogen (secondary N) is 3. The van der Waals surface area contributed by atoms with E-state index in [0.29, 0.717) is 13.2 Å². The summed E-state index contributed by atoms with van der Waals surface area (Å²) in [6, 6.07) is -1.20. The Bertz CT molecular complexity index is 362. The number of ether oxygens (including phenoxy) is 2. The molecule has 0 bridgehead atoms. The maximum atomic E-state index is 11.5. The molecule has 1 saturated heterocycles. The van der Waals surface area contributed by atoms with Crippen molar-refractivity contribution in [2.24, 2.45) is 5.92 Å². The van der Waals surface area contributed by atoms with Gasteiger partial charge >= 0.3 is 12.0 Å². The third-order valence-electron chi connectivity index (χ3n) is 2.75. The molecule has 3 amide bonds. The van der Waals surface area contributed by atoms with Gasteiger partial charge in [-0.1, -0.05) is 0 Å². The number of carboxylic acids is 1. The molecule has 4 N–H and O–H groups in total. The van der Waals surface area contributed by atoms with Crippen LogP contribution < -0.4 is 16.0 Å². The standard InChI is InChI=1S/C11H19N3O6/c1-19-3-2-12-9(15)4-13-11(18)14-8-6-20-5-7(8)10(16)17/h7-8H,2-6H2,1H3,(H,12,15)(H,16,17)(H2,13,14,18). The number of amides is 3. The van der Waals surface area contributed by atoms with Crippen LogP contribution in [0.1, 0.15) is 0 Å². The summed E-state index contributed by atoms with van der Waals surface area (Å²) >= 11 is 0. The van der Waals surface area contributed by atoms with E-state index in [2.05, 4.69) is 16.0 Å². The molecule has 0 aromatic heterocycles. The maximum absolute atomic E-state index is 11.5. The number of carbonyl (C=O) groups excluding carboxylic acids is 2. The van der Waals surface area contributed by atoms with Crippen molar-refractivity contribution >= 4 is 17.9 Å². The molecule has 0 aromatic carbocycles. The highest BCUT2D eigenvalue weighted by Crippen LogP contribution is 2.13. The van der Waals surface area contributed by atoms with Gasteiger partial charge in [0.05, 0.1) is 32.4 Å². The minimum absolute atomic E-state index is 0.0672. The quantitative estimate of drug-likeness (QED) is 0.408. The molecule has 9 nitrogen and oxygen atoms in total. The summed E-state index contributed by atoms with van der Waals surface area (Å²) in [6.45, 7) is 0.761. The van der Waals surface area contributed by atoms with Gasteiger partial charge in [0.15, 0.2) is 0 Å². The number of carboxylic acid groups (broad SMARTS) is 1. The fourth-order valence-corrected chi connectivity index (χ4v) is 1.67. The minimum Gasteiger partial charge on any atom is -0.481 e. The Morgan fingerprint density at radius 2 is 2.05 bits per heavy atom. The lowest BCUT2D eigenvalue weighted by Gasteiger charge is -2.16. The molecule has 1 heterocycles. The van der Waals surface area contributed by atoms with E-state index in [1.165, 1.54) is 7.11 Å². The molecule has 2 unspecified atom stereocenters. The van der Waals surface area contributed by atoms with E-state index in [-0.39, 0.29) is 25.7 Å². The van der Waals surface area contributed by atoms with Crippen LogP contribution in [-0.4, -0.2) is 69.1 Å². The third kappa shape index (κ3) is 5.41. The lowest BCUT2D eigenvalue weighted by molar-refractivity contribution is -0.142. The van der Waals surface area contributed by atoms with E-state index in [1.54, 1.807) is 0 Å². The van der Waals surface area contributed by atoms with Crippen LogP contribution in [0.3, 0.4) is 0 Å². The largest absolute Gasteiger partial charge is 0.481 e. The summed E-state index contributed by atoms with van der Waals surface area (Å²) in [6.07, 6.45) is 0. The normalized spacial score (nSPS) is 21.2. The van der Waals surface area contributed by atoms with Crippen LogP contribution >= 0.6 is 0 Å². The Hall–Kier alpha value is -1.87. The summed E-state index contributed by atoms with van der Waals surface area (Å²) in [5, 5.41) is 16.3. The Morgan fingerprint density at radius 3 is 2.70 bits per heavy atom. The number of urea groups is 1. The second-order valence-corrected chi connectivity index (χ2v) is 4.26. The Labute approximate surface area is 116 Å². The van der Waals surface area contributed by atoms with Gasteiger partial charge in [0.25, 0.3) is 0 Å². The van der Waals surface area contributed by atoms with Crippen molar-refractivity contribution in [2.45, 2.75) is 6.04 Å². The average Bonchev–Trinajstić information content (AvgIpc) is 2.85. The molecular weight excluding hydrogens is 270 g/mol. The van der Waals surface area contributed by atoms with Gasteiger partial charge in [-0.05, 0) is 0 Å². The van der Waals surface area contributed by atoms with Crippen LogP contribution in [-0.2, 0) is 19.1 Å². The zero-order chi connectivity index (χ0) is 15.0. The van der Waals surface area contributed by atoms with Gasteiger partial charge in [-0.25, -0.2) is 4.79 Å². The van der Waals surface area contributed by atoms with Gasteiger partial charge < -0.3 is 30.5 Å². The molecule has 0 radical (unpaired) electrons. The molecule has 1 rings (SSSR count). The zero-order valence-electron chi connectivity index (χ0n) is 11.2. The summed E-state index contributed by atoms with van der Waals surface area (Å²) in [5.74, 6) is -2.14. The molecule has 0 spiro atoms. The van der Waals surface area contributed by atoms with Gasteiger partial charge in [-0.15, -0.1) is 0 Å². The predicted octanol–water partition coefficient (Wildman–Crippen LogP) is -1.85. The Kier molecular flexibility index (Phi) is 6.74. The minimum atomic E-state index is -1.02. The number of methoxy groups -OCH3 is 1. The van der Waals surface area contributed by atoms with E-state index in [0.717, 1.165) is 0 Å². The molecule has 114 valence electrons. The van der Waals surface area contributed by atoms with Crippen molar-refractivity contribution in [3.63, 3.8) is 0 Å². The fraction of sp³-hybridized carbons (Fsp3) is 0.727. The molecule has 9 heteroatoms. The van der Waals surface area contributed by atoms with Crippen molar-refractivity contribution < 1.29 is 29.0 Å². The van der Waals surface area contributed by atoms with Crippen molar-refractivity contribution in [3.05, 3.63) is 0 Å². The van der Waals surface area contributed by atoms with Crippen LogP contribution in [0.4, 0.5) is 4.79 Å². The van der Waals surface area contributed by atoms with E-state index in [1.807, 2.05) is 0 Å². The first-order valence-electron chi connectivity index (χ1n) is 6.15. The van der Waals surface area contributed by atoms with Crippen LogP contribution in [0.5, 0.6) is 0 Å². The topological polar surface area (TPSA) is 126 Å². The molecule has 0 aromatic rings. The summed E-state index contributed by atoms with van der Waals surface area (Å²) < 4.78 is 9.76.